The van der Waals surface area contributed by atoms with Crippen molar-refractivity contribution < 1.29 is 14.3 Å². The SMILES string of the molecule is CCCCCCC/C=C(\C=O)OCOCCCCCC. The Kier molecular flexibility index (Phi) is 15.6. The smallest absolute Gasteiger partial charge is 0.189 e. The van der Waals surface area contributed by atoms with Crippen LogP contribution >= 0.6 is 0 Å². The zero-order valence-electron chi connectivity index (χ0n) is 13.4. The highest BCUT2D eigenvalue weighted by Crippen LogP contribution is 2.07. The van der Waals surface area contributed by atoms with Gasteiger partial charge in [-0.2, -0.15) is 0 Å². The number of hydrogen-bond donors (Lipinski definition) is 0. The zero-order chi connectivity index (χ0) is 14.9. The standard InChI is InChI=1S/C17H32O3/c1-3-5-7-9-10-11-13-17(15-18)20-16-19-14-12-8-6-4-2/h13,15H,3-12,14,16H2,1-2H3/b17-13+. The summed E-state index contributed by atoms with van der Waals surface area (Å²) in [7, 11) is 0. The Labute approximate surface area is 124 Å². The van der Waals surface area contributed by atoms with E-state index in [0.717, 1.165) is 25.5 Å². The maximum absolute atomic E-state index is 10.8. The van der Waals surface area contributed by atoms with E-state index in [0.29, 0.717) is 12.4 Å². The number of unbranched alkanes of at least 4 members (excludes halogenated alkanes) is 8. The van der Waals surface area contributed by atoms with Crippen molar-refractivity contribution in [2.45, 2.75) is 78.1 Å². The predicted octanol–water partition coefficient (Wildman–Crippen LogP) is 5.00. The number of carbonyl (C=O) groups is 1. The second kappa shape index (κ2) is 16.2. The molecule has 0 saturated carbocycles. The molecule has 0 aromatic carbocycles. The summed E-state index contributed by atoms with van der Waals surface area (Å²) in [5.74, 6) is 0.411. The minimum atomic E-state index is 0.187. The summed E-state index contributed by atoms with van der Waals surface area (Å²) in [6.07, 6.45) is 14.5. The van der Waals surface area contributed by atoms with Gasteiger partial charge in [0.05, 0.1) is 6.61 Å². The van der Waals surface area contributed by atoms with Crippen LogP contribution in [-0.4, -0.2) is 19.7 Å². The summed E-state index contributed by atoms with van der Waals surface area (Å²) in [4.78, 5) is 10.8. The van der Waals surface area contributed by atoms with Crippen LogP contribution in [0.25, 0.3) is 0 Å². The van der Waals surface area contributed by atoms with Gasteiger partial charge in [0.1, 0.15) is 0 Å². The Morgan fingerprint density at radius 3 is 2.20 bits per heavy atom. The second-order valence-corrected chi connectivity index (χ2v) is 5.16. The van der Waals surface area contributed by atoms with E-state index < -0.39 is 0 Å². The first kappa shape index (κ1) is 19.2. The third-order valence-corrected chi connectivity index (χ3v) is 3.22. The fourth-order valence-corrected chi connectivity index (χ4v) is 1.93. The molecular formula is C17H32O3. The first-order valence-corrected chi connectivity index (χ1v) is 8.21. The molecule has 3 heteroatoms. The number of ether oxygens (including phenoxy) is 2. The van der Waals surface area contributed by atoms with Crippen molar-refractivity contribution in [2.75, 3.05) is 13.4 Å². The highest BCUT2D eigenvalue weighted by atomic mass is 16.7. The summed E-state index contributed by atoms with van der Waals surface area (Å²) in [6.45, 7) is 5.30. The van der Waals surface area contributed by atoms with Crippen LogP contribution in [0.3, 0.4) is 0 Å². The molecule has 0 aliphatic carbocycles. The lowest BCUT2D eigenvalue weighted by Crippen LogP contribution is -2.02. The van der Waals surface area contributed by atoms with E-state index in [-0.39, 0.29) is 6.79 Å². The maximum Gasteiger partial charge on any atom is 0.189 e. The van der Waals surface area contributed by atoms with Gasteiger partial charge in [-0.15, -0.1) is 0 Å². The Hall–Kier alpha value is -0.830. The molecule has 0 aliphatic rings. The second-order valence-electron chi connectivity index (χ2n) is 5.16. The van der Waals surface area contributed by atoms with E-state index in [2.05, 4.69) is 13.8 Å². The van der Waals surface area contributed by atoms with Gasteiger partial charge in [0.25, 0.3) is 0 Å². The molecule has 0 saturated heterocycles. The first-order chi connectivity index (χ1) is 9.85. The lowest BCUT2D eigenvalue weighted by Gasteiger charge is -2.06. The summed E-state index contributed by atoms with van der Waals surface area (Å²) in [5.41, 5.74) is 0. The van der Waals surface area contributed by atoms with E-state index in [9.17, 15) is 4.79 Å². The van der Waals surface area contributed by atoms with Crippen LogP contribution < -0.4 is 0 Å². The van der Waals surface area contributed by atoms with E-state index in [1.807, 2.05) is 6.08 Å². The monoisotopic (exact) mass is 284 g/mol. The lowest BCUT2D eigenvalue weighted by atomic mass is 10.1. The van der Waals surface area contributed by atoms with Gasteiger partial charge in [0.15, 0.2) is 18.8 Å². The minimum Gasteiger partial charge on any atom is -0.464 e. The zero-order valence-corrected chi connectivity index (χ0v) is 13.4. The van der Waals surface area contributed by atoms with Gasteiger partial charge in [-0.25, -0.2) is 0 Å². The fourth-order valence-electron chi connectivity index (χ4n) is 1.93. The summed E-state index contributed by atoms with van der Waals surface area (Å²) in [5, 5.41) is 0. The molecule has 0 atom stereocenters. The van der Waals surface area contributed by atoms with E-state index in [1.54, 1.807) is 0 Å². The van der Waals surface area contributed by atoms with E-state index >= 15 is 0 Å². The van der Waals surface area contributed by atoms with Crippen LogP contribution in [0.5, 0.6) is 0 Å². The molecule has 0 radical (unpaired) electrons. The highest BCUT2D eigenvalue weighted by molar-refractivity contribution is 5.69. The van der Waals surface area contributed by atoms with Gasteiger partial charge in [0.2, 0.25) is 0 Å². The molecule has 0 heterocycles. The van der Waals surface area contributed by atoms with Crippen molar-refractivity contribution in [3.05, 3.63) is 11.8 Å². The third kappa shape index (κ3) is 13.6. The number of aldehydes is 1. The van der Waals surface area contributed by atoms with E-state index in [1.165, 1.54) is 44.9 Å². The average molecular weight is 284 g/mol. The van der Waals surface area contributed by atoms with Crippen molar-refractivity contribution in [3.8, 4) is 0 Å². The molecule has 0 N–H and O–H groups in total. The Balaban J connectivity index is 3.47. The first-order valence-electron chi connectivity index (χ1n) is 8.21. The average Bonchev–Trinajstić information content (AvgIpc) is 2.47. The number of allylic oxidation sites excluding steroid dienone is 2. The number of hydrogen-bond acceptors (Lipinski definition) is 3. The Morgan fingerprint density at radius 1 is 0.900 bits per heavy atom. The highest BCUT2D eigenvalue weighted by Gasteiger charge is 1.96. The maximum atomic E-state index is 10.8. The molecule has 0 rings (SSSR count). The molecule has 20 heavy (non-hydrogen) atoms. The van der Waals surface area contributed by atoms with Crippen LogP contribution in [0.1, 0.15) is 78.1 Å². The molecule has 0 fully saturated rings. The molecule has 0 spiro atoms. The van der Waals surface area contributed by atoms with Crippen molar-refractivity contribution in [1.82, 2.24) is 0 Å². The van der Waals surface area contributed by atoms with Crippen molar-refractivity contribution in [3.63, 3.8) is 0 Å². The van der Waals surface area contributed by atoms with Gasteiger partial charge in [-0.05, 0) is 25.3 Å². The van der Waals surface area contributed by atoms with Crippen molar-refractivity contribution >= 4 is 6.29 Å². The summed E-state index contributed by atoms with van der Waals surface area (Å²) in [6, 6.07) is 0. The van der Waals surface area contributed by atoms with Gasteiger partial charge < -0.3 is 9.47 Å². The van der Waals surface area contributed by atoms with Crippen molar-refractivity contribution in [1.29, 1.82) is 0 Å². The number of carbonyl (C=O) groups excluding carboxylic acids is 1. The summed E-state index contributed by atoms with van der Waals surface area (Å²) >= 11 is 0. The molecule has 0 aromatic rings. The van der Waals surface area contributed by atoms with Crippen LogP contribution in [0.15, 0.2) is 11.8 Å². The Morgan fingerprint density at radius 2 is 1.55 bits per heavy atom. The van der Waals surface area contributed by atoms with Gasteiger partial charge >= 0.3 is 0 Å². The quantitative estimate of drug-likeness (QED) is 0.139. The molecule has 0 bridgehead atoms. The molecule has 3 nitrogen and oxygen atoms in total. The molecule has 0 aromatic heterocycles. The molecule has 0 aliphatic heterocycles. The van der Waals surface area contributed by atoms with Crippen LogP contribution in [0, 0.1) is 0 Å². The topological polar surface area (TPSA) is 35.5 Å². The summed E-state index contributed by atoms with van der Waals surface area (Å²) < 4.78 is 10.6. The van der Waals surface area contributed by atoms with Crippen molar-refractivity contribution in [2.24, 2.45) is 0 Å². The molecule has 0 amide bonds. The predicted molar refractivity (Wildman–Crippen MR) is 83.6 cm³/mol. The molecule has 118 valence electrons. The van der Waals surface area contributed by atoms with Gasteiger partial charge in [-0.1, -0.05) is 58.8 Å². The largest absolute Gasteiger partial charge is 0.464 e. The lowest BCUT2D eigenvalue weighted by molar-refractivity contribution is -0.111. The molecular weight excluding hydrogens is 252 g/mol. The fraction of sp³-hybridized carbons (Fsp3) is 0.824. The molecule has 0 unspecified atom stereocenters. The van der Waals surface area contributed by atoms with Crippen LogP contribution in [0.2, 0.25) is 0 Å². The minimum absolute atomic E-state index is 0.187. The van der Waals surface area contributed by atoms with Gasteiger partial charge in [-0.3, -0.25) is 4.79 Å². The van der Waals surface area contributed by atoms with Gasteiger partial charge in [0, 0.05) is 0 Å². The number of rotatable bonds is 15. The van der Waals surface area contributed by atoms with Crippen LogP contribution in [-0.2, 0) is 14.3 Å². The third-order valence-electron chi connectivity index (χ3n) is 3.22. The Bertz CT molecular complexity index is 236. The normalized spacial score (nSPS) is 11.6. The van der Waals surface area contributed by atoms with Crippen LogP contribution in [0.4, 0.5) is 0 Å². The van der Waals surface area contributed by atoms with E-state index in [4.69, 9.17) is 9.47 Å².